The molecule has 0 saturated carbocycles. The van der Waals surface area contributed by atoms with Gasteiger partial charge in [0.2, 0.25) is 0 Å². The van der Waals surface area contributed by atoms with Crippen LogP contribution in [0.2, 0.25) is 0 Å². The zero-order chi connectivity index (χ0) is 14.4. The second kappa shape index (κ2) is 6.93. The minimum absolute atomic E-state index is 0.461. The lowest BCUT2D eigenvalue weighted by Gasteiger charge is -2.09. The van der Waals surface area contributed by atoms with Gasteiger partial charge in [0.15, 0.2) is 5.62 Å². The van der Waals surface area contributed by atoms with Gasteiger partial charge in [-0.1, -0.05) is 54.7 Å². The van der Waals surface area contributed by atoms with Crippen LogP contribution >= 0.6 is 11.8 Å². The summed E-state index contributed by atoms with van der Waals surface area (Å²) in [5.41, 5.74) is 6.39. The fraction of sp³-hybridized carbons (Fsp3) is 0.0625. The number of hydrogen-bond acceptors (Lipinski definition) is 4. The topological polar surface area (TPSA) is 49.3 Å². The normalized spacial score (nSPS) is 10.1. The van der Waals surface area contributed by atoms with E-state index in [9.17, 15) is 4.79 Å². The van der Waals surface area contributed by atoms with Gasteiger partial charge in [0.05, 0.1) is 5.70 Å². The molecule has 0 radical (unpaired) electrons. The van der Waals surface area contributed by atoms with E-state index < -0.39 is 0 Å². The molecule has 0 unspecified atom stereocenters. The Morgan fingerprint density at radius 1 is 1.25 bits per heavy atom. The van der Waals surface area contributed by atoms with Gasteiger partial charge in [-0.25, -0.2) is 0 Å². The van der Waals surface area contributed by atoms with Crippen molar-refractivity contribution in [1.82, 2.24) is 5.48 Å². The number of rotatable bonds is 6. The second-order valence-electron chi connectivity index (χ2n) is 4.29. The molecule has 4 heteroatoms. The van der Waals surface area contributed by atoms with E-state index in [-0.39, 0.29) is 0 Å². The Bertz CT molecular complexity index is 625. The monoisotopic (exact) mass is 285 g/mol. The predicted molar refractivity (Wildman–Crippen MR) is 82.3 cm³/mol. The highest BCUT2D eigenvalue weighted by molar-refractivity contribution is 8.11. The van der Waals surface area contributed by atoms with Crippen molar-refractivity contribution in [3.8, 4) is 0 Å². The van der Waals surface area contributed by atoms with Gasteiger partial charge in [-0.05, 0) is 35.2 Å². The zero-order valence-electron chi connectivity index (χ0n) is 10.9. The highest BCUT2D eigenvalue weighted by Gasteiger charge is 2.05. The van der Waals surface area contributed by atoms with Gasteiger partial charge in [-0.15, -0.1) is 0 Å². The minimum Gasteiger partial charge on any atom is -0.291 e. The van der Waals surface area contributed by atoms with E-state index in [1.807, 2.05) is 48.5 Å². The maximum Gasteiger partial charge on any atom is 0.180 e. The predicted octanol–water partition coefficient (Wildman–Crippen LogP) is 3.51. The molecular formula is C16H15NO2S. The summed E-state index contributed by atoms with van der Waals surface area (Å²) < 4.78 is 0. The largest absolute Gasteiger partial charge is 0.291 e. The fourth-order valence-electron chi connectivity index (χ4n) is 1.97. The molecule has 0 atom stereocenters. The third kappa shape index (κ3) is 3.50. The maximum atomic E-state index is 10.7. The molecule has 102 valence electrons. The molecule has 0 aliphatic rings. The third-order valence-electron chi connectivity index (χ3n) is 2.95. The highest BCUT2D eigenvalue weighted by atomic mass is 32.2. The summed E-state index contributed by atoms with van der Waals surface area (Å²) >= 11 is 1.19. The van der Waals surface area contributed by atoms with Crippen LogP contribution in [0, 0.1) is 0 Å². The van der Waals surface area contributed by atoms with Crippen molar-refractivity contribution in [1.29, 1.82) is 0 Å². The molecule has 0 aromatic heterocycles. The molecule has 20 heavy (non-hydrogen) atoms. The summed E-state index contributed by atoms with van der Waals surface area (Å²) in [5, 5.41) is 8.89. The van der Waals surface area contributed by atoms with Crippen molar-refractivity contribution in [2.45, 2.75) is 11.3 Å². The Labute approximate surface area is 122 Å². The molecule has 0 bridgehead atoms. The van der Waals surface area contributed by atoms with Gasteiger partial charge in [0, 0.05) is 4.90 Å². The van der Waals surface area contributed by atoms with Crippen LogP contribution in [-0.4, -0.2) is 10.8 Å². The lowest BCUT2D eigenvalue weighted by Crippen LogP contribution is -2.04. The first-order valence-corrected chi connectivity index (χ1v) is 6.99. The molecule has 2 N–H and O–H groups in total. The molecule has 0 saturated heterocycles. The zero-order valence-corrected chi connectivity index (χ0v) is 11.7. The van der Waals surface area contributed by atoms with Crippen LogP contribution < -0.4 is 5.48 Å². The summed E-state index contributed by atoms with van der Waals surface area (Å²) in [4.78, 5) is 11.6. The number of carbonyl (C=O) groups excluding carboxylic acids is 1. The van der Waals surface area contributed by atoms with E-state index in [0.717, 1.165) is 33.6 Å². The van der Waals surface area contributed by atoms with Crippen LogP contribution in [0.15, 0.2) is 60.0 Å². The number of hydroxylamine groups is 1. The number of carbonyl (C=O) groups is 1. The first kappa shape index (κ1) is 14.4. The van der Waals surface area contributed by atoms with Gasteiger partial charge in [-0.3, -0.25) is 15.5 Å². The van der Waals surface area contributed by atoms with Crippen molar-refractivity contribution < 1.29 is 10.0 Å². The molecule has 0 fully saturated rings. The van der Waals surface area contributed by atoms with Crippen molar-refractivity contribution in [2.75, 3.05) is 0 Å². The minimum atomic E-state index is 0.461. The van der Waals surface area contributed by atoms with Crippen molar-refractivity contribution >= 4 is 23.1 Å². The Hall–Kier alpha value is -2.04. The summed E-state index contributed by atoms with van der Waals surface area (Å²) in [5.74, 6) is 0. The standard InChI is InChI=1S/C16H15NO2S/c1-12(17-19)14-7-4-5-13(9-14)10-15-6-2-3-8-16(15)20-11-18/h2-9,11,17,19H,1,10H2. The van der Waals surface area contributed by atoms with Gasteiger partial charge < -0.3 is 0 Å². The lowest BCUT2D eigenvalue weighted by molar-refractivity contribution is 0.225. The Morgan fingerprint density at radius 3 is 2.80 bits per heavy atom. The number of benzene rings is 2. The van der Waals surface area contributed by atoms with Gasteiger partial charge in [0.1, 0.15) is 0 Å². The van der Waals surface area contributed by atoms with Gasteiger partial charge >= 0.3 is 0 Å². The van der Waals surface area contributed by atoms with Crippen LogP contribution in [0.5, 0.6) is 0 Å². The van der Waals surface area contributed by atoms with Crippen molar-refractivity contribution in [2.24, 2.45) is 0 Å². The van der Waals surface area contributed by atoms with Gasteiger partial charge in [-0.2, -0.15) is 0 Å². The molecule has 2 aromatic carbocycles. The maximum absolute atomic E-state index is 10.7. The van der Waals surface area contributed by atoms with Crippen LogP contribution in [-0.2, 0) is 11.2 Å². The average molecular weight is 285 g/mol. The van der Waals surface area contributed by atoms with E-state index in [1.54, 1.807) is 0 Å². The summed E-state index contributed by atoms with van der Waals surface area (Å²) in [6, 6.07) is 15.6. The van der Waals surface area contributed by atoms with E-state index >= 15 is 0 Å². The molecule has 0 amide bonds. The quantitative estimate of drug-likeness (QED) is 0.484. The van der Waals surface area contributed by atoms with E-state index in [1.165, 1.54) is 11.8 Å². The molecule has 0 spiro atoms. The molecular weight excluding hydrogens is 270 g/mol. The highest BCUT2D eigenvalue weighted by Crippen LogP contribution is 2.23. The number of nitrogens with one attached hydrogen (secondary N) is 1. The number of thioether (sulfide) groups is 1. The fourth-order valence-corrected chi connectivity index (χ4v) is 2.52. The SMILES string of the molecule is C=C(NO)c1cccc(Cc2ccccc2SC=O)c1. The summed E-state index contributed by atoms with van der Waals surface area (Å²) in [6.07, 6.45) is 0.726. The van der Waals surface area contributed by atoms with Crippen molar-refractivity contribution in [3.63, 3.8) is 0 Å². The summed E-state index contributed by atoms with van der Waals surface area (Å²) in [7, 11) is 0. The van der Waals surface area contributed by atoms with Crippen LogP contribution in [0.25, 0.3) is 5.70 Å². The smallest absolute Gasteiger partial charge is 0.180 e. The Kier molecular flexibility index (Phi) is 4.98. The van der Waals surface area contributed by atoms with Gasteiger partial charge in [0.25, 0.3) is 0 Å². The van der Waals surface area contributed by atoms with Crippen LogP contribution in [0.3, 0.4) is 0 Å². The average Bonchev–Trinajstić information content (AvgIpc) is 2.49. The van der Waals surface area contributed by atoms with Crippen molar-refractivity contribution in [3.05, 3.63) is 71.8 Å². The summed E-state index contributed by atoms with van der Waals surface area (Å²) in [6.45, 7) is 3.73. The molecule has 0 aliphatic carbocycles. The molecule has 2 rings (SSSR count). The van der Waals surface area contributed by atoms with E-state index in [0.29, 0.717) is 5.70 Å². The Balaban J connectivity index is 2.26. The second-order valence-corrected chi connectivity index (χ2v) is 5.16. The first-order valence-electron chi connectivity index (χ1n) is 6.11. The number of hydrogen-bond donors (Lipinski definition) is 2. The third-order valence-corrected chi connectivity index (χ3v) is 3.70. The van der Waals surface area contributed by atoms with E-state index in [4.69, 9.17) is 5.21 Å². The molecule has 2 aromatic rings. The van der Waals surface area contributed by atoms with Crippen LogP contribution in [0.4, 0.5) is 0 Å². The molecule has 0 aliphatic heterocycles. The lowest BCUT2D eigenvalue weighted by atomic mass is 10.0. The van der Waals surface area contributed by atoms with Crippen LogP contribution in [0.1, 0.15) is 16.7 Å². The molecule has 0 heterocycles. The molecule has 3 nitrogen and oxygen atoms in total. The Morgan fingerprint density at radius 2 is 2.05 bits per heavy atom. The first-order chi connectivity index (χ1) is 9.74. The van der Waals surface area contributed by atoms with E-state index in [2.05, 4.69) is 12.1 Å².